The maximum atomic E-state index is 14.5. The zero-order chi connectivity index (χ0) is 23.7. The van der Waals surface area contributed by atoms with Gasteiger partial charge in [0.05, 0.1) is 28.6 Å². The molecule has 1 aromatic carbocycles. The van der Waals surface area contributed by atoms with Crippen molar-refractivity contribution in [2.45, 2.75) is 50.2 Å². The zero-order valence-corrected chi connectivity index (χ0v) is 19.9. The molecule has 1 aliphatic rings. The lowest BCUT2D eigenvalue weighted by molar-refractivity contribution is 0.0987. The van der Waals surface area contributed by atoms with E-state index in [0.717, 1.165) is 0 Å². The predicted molar refractivity (Wildman–Crippen MR) is 125 cm³/mol. The highest BCUT2D eigenvalue weighted by molar-refractivity contribution is 8.16. The Morgan fingerprint density at radius 1 is 1.22 bits per heavy atom. The number of amidine groups is 1. The maximum Gasteiger partial charge on any atom is 0.187 e. The summed E-state index contributed by atoms with van der Waals surface area (Å²) in [5, 5.41) is 2.09. The van der Waals surface area contributed by atoms with Gasteiger partial charge in [0.25, 0.3) is 0 Å². The molecule has 2 N–H and O–H groups in total. The normalized spacial score (nSPS) is 19.0. The van der Waals surface area contributed by atoms with Gasteiger partial charge in [0.15, 0.2) is 20.8 Å². The number of nitrogens with zero attached hydrogens (tertiary/aromatic N) is 3. The Balaban J connectivity index is 1.78. The third-order valence-electron chi connectivity index (χ3n) is 5.13. The fourth-order valence-corrected chi connectivity index (χ4v) is 4.70. The van der Waals surface area contributed by atoms with Crippen LogP contribution in [-0.2, 0) is 27.5 Å². The van der Waals surface area contributed by atoms with E-state index in [1.807, 2.05) is 0 Å². The summed E-state index contributed by atoms with van der Waals surface area (Å²) < 4.78 is 38.3. The molecule has 0 amide bonds. The van der Waals surface area contributed by atoms with Crippen molar-refractivity contribution in [3.8, 4) is 0 Å². The molecule has 0 saturated heterocycles. The van der Waals surface area contributed by atoms with Gasteiger partial charge in [-0.3, -0.25) is 9.78 Å². The third-order valence-corrected chi connectivity index (χ3v) is 8.27. The second-order valence-electron chi connectivity index (χ2n) is 8.70. The summed E-state index contributed by atoms with van der Waals surface area (Å²) in [6, 6.07) is 4.44. The van der Waals surface area contributed by atoms with Crippen LogP contribution in [-0.4, -0.2) is 34.1 Å². The molecular weight excluding hydrogens is 451 g/mol. The van der Waals surface area contributed by atoms with Crippen LogP contribution in [0.1, 0.15) is 55.0 Å². The number of aliphatic imine (C=N–C) groups is 1. The SMILES string of the molecule is CC(C)(C)S(=O)(=O)Cc1cnc(C(=O)Cc2ccc(F)c([C@]3(C)C=CSC(N)=N3)c2)cn1. The van der Waals surface area contributed by atoms with Gasteiger partial charge >= 0.3 is 0 Å². The van der Waals surface area contributed by atoms with Crippen molar-refractivity contribution < 1.29 is 17.6 Å². The van der Waals surface area contributed by atoms with E-state index >= 15 is 0 Å². The van der Waals surface area contributed by atoms with Crippen LogP contribution in [0.3, 0.4) is 0 Å². The second-order valence-corrected chi connectivity index (χ2v) is 12.4. The first-order chi connectivity index (χ1) is 14.8. The monoisotopic (exact) mass is 476 g/mol. The fourth-order valence-electron chi connectivity index (χ4n) is 3.01. The first kappa shape index (κ1) is 24.1. The molecule has 3 rings (SSSR count). The van der Waals surface area contributed by atoms with Gasteiger partial charge < -0.3 is 5.73 Å². The summed E-state index contributed by atoms with van der Waals surface area (Å²) >= 11 is 1.26. The van der Waals surface area contributed by atoms with Crippen molar-refractivity contribution in [1.29, 1.82) is 0 Å². The lowest BCUT2D eigenvalue weighted by atomic mass is 9.90. The molecule has 10 heteroatoms. The summed E-state index contributed by atoms with van der Waals surface area (Å²) in [5.74, 6) is -1.02. The molecule has 7 nitrogen and oxygen atoms in total. The number of nitrogens with two attached hydrogens (primary N) is 1. The highest BCUT2D eigenvalue weighted by Crippen LogP contribution is 2.34. The quantitative estimate of drug-likeness (QED) is 0.634. The van der Waals surface area contributed by atoms with Crippen molar-refractivity contribution in [1.82, 2.24) is 9.97 Å². The molecule has 0 bridgehead atoms. The molecule has 2 aromatic rings. The topological polar surface area (TPSA) is 115 Å². The largest absolute Gasteiger partial charge is 0.378 e. The summed E-state index contributed by atoms with van der Waals surface area (Å²) in [5.41, 5.74) is 6.12. The van der Waals surface area contributed by atoms with E-state index in [4.69, 9.17) is 5.73 Å². The minimum Gasteiger partial charge on any atom is -0.378 e. The van der Waals surface area contributed by atoms with Crippen LogP contribution < -0.4 is 5.73 Å². The van der Waals surface area contributed by atoms with Crippen molar-refractivity contribution in [3.05, 3.63) is 70.4 Å². The number of halogens is 1. The van der Waals surface area contributed by atoms with Gasteiger partial charge in [-0.05, 0) is 56.9 Å². The van der Waals surface area contributed by atoms with E-state index in [1.54, 1.807) is 45.2 Å². The molecule has 32 heavy (non-hydrogen) atoms. The number of aromatic nitrogens is 2. The number of hydrogen-bond acceptors (Lipinski definition) is 8. The van der Waals surface area contributed by atoms with E-state index in [9.17, 15) is 17.6 Å². The van der Waals surface area contributed by atoms with Crippen LogP contribution in [0.15, 0.2) is 47.1 Å². The zero-order valence-electron chi connectivity index (χ0n) is 18.3. The smallest absolute Gasteiger partial charge is 0.187 e. The molecule has 1 atom stereocenters. The molecule has 0 fully saturated rings. The number of ketones is 1. The molecule has 2 heterocycles. The van der Waals surface area contributed by atoms with E-state index in [-0.39, 0.29) is 29.3 Å². The van der Waals surface area contributed by atoms with E-state index in [0.29, 0.717) is 16.3 Å². The van der Waals surface area contributed by atoms with Crippen LogP contribution in [0.2, 0.25) is 0 Å². The van der Waals surface area contributed by atoms with E-state index < -0.39 is 25.9 Å². The Bertz CT molecular complexity index is 1200. The molecule has 0 radical (unpaired) electrons. The van der Waals surface area contributed by atoms with Gasteiger partial charge in [0, 0.05) is 12.0 Å². The number of sulfone groups is 1. The number of hydrogen-bond donors (Lipinski definition) is 1. The Labute approximate surface area is 191 Å². The van der Waals surface area contributed by atoms with Gasteiger partial charge in [-0.25, -0.2) is 22.8 Å². The highest BCUT2D eigenvalue weighted by atomic mass is 32.2. The minimum atomic E-state index is -3.41. The van der Waals surface area contributed by atoms with Gasteiger partial charge in [-0.2, -0.15) is 0 Å². The Hall–Kier alpha value is -2.59. The average molecular weight is 477 g/mol. The number of Topliss-reactive ketones (excluding diaryl/α,β-unsaturated/α-hetero) is 1. The molecule has 1 aliphatic heterocycles. The molecule has 0 aliphatic carbocycles. The maximum absolute atomic E-state index is 14.5. The standard InChI is InChI=1S/C22H25FN4O3S2/c1-21(2,3)32(29,30)13-15-11-26-18(12-25-15)19(28)10-14-5-6-17(23)16(9-14)22(4)7-8-31-20(24)27-22/h5-9,11-12H,10,13H2,1-4H3,(H2,24,27)/t22-/m0/s1. The lowest BCUT2D eigenvalue weighted by Crippen LogP contribution is -2.29. The molecule has 1 aromatic heterocycles. The molecule has 0 spiro atoms. The lowest BCUT2D eigenvalue weighted by Gasteiger charge is -2.26. The van der Waals surface area contributed by atoms with Gasteiger partial charge in [-0.15, -0.1) is 0 Å². The van der Waals surface area contributed by atoms with Crippen molar-refractivity contribution in [2.75, 3.05) is 0 Å². The molecular formula is C22H25FN4O3S2. The molecule has 0 unspecified atom stereocenters. The first-order valence-electron chi connectivity index (χ1n) is 9.86. The minimum absolute atomic E-state index is 0.0185. The summed E-state index contributed by atoms with van der Waals surface area (Å²) in [6.45, 7) is 6.60. The average Bonchev–Trinajstić information content (AvgIpc) is 2.68. The Morgan fingerprint density at radius 3 is 2.53 bits per heavy atom. The number of benzene rings is 1. The highest BCUT2D eigenvalue weighted by Gasteiger charge is 2.30. The summed E-state index contributed by atoms with van der Waals surface area (Å²) in [7, 11) is -3.41. The second kappa shape index (κ2) is 8.74. The van der Waals surface area contributed by atoms with Crippen LogP contribution >= 0.6 is 11.8 Å². The molecule has 0 saturated carbocycles. The fraction of sp³-hybridized carbons (Fsp3) is 0.364. The number of rotatable bonds is 6. The van der Waals surface area contributed by atoms with Crippen molar-refractivity contribution in [2.24, 2.45) is 10.7 Å². The Kier molecular flexibility index (Phi) is 6.57. The number of carbonyl (C=O) groups excluding carboxylic acids is 1. The van der Waals surface area contributed by atoms with E-state index in [2.05, 4.69) is 15.0 Å². The third kappa shape index (κ3) is 5.24. The van der Waals surface area contributed by atoms with Gasteiger partial charge in [0.2, 0.25) is 0 Å². The van der Waals surface area contributed by atoms with Gasteiger partial charge in [-0.1, -0.05) is 17.8 Å². The predicted octanol–water partition coefficient (Wildman–Crippen LogP) is 3.54. The van der Waals surface area contributed by atoms with Crippen LogP contribution in [0, 0.1) is 5.82 Å². The number of thioether (sulfide) groups is 1. The van der Waals surface area contributed by atoms with Crippen LogP contribution in [0.4, 0.5) is 4.39 Å². The van der Waals surface area contributed by atoms with Crippen molar-refractivity contribution >= 4 is 32.6 Å². The first-order valence-corrected chi connectivity index (χ1v) is 12.4. The molecule has 170 valence electrons. The van der Waals surface area contributed by atoms with Crippen LogP contribution in [0.5, 0.6) is 0 Å². The van der Waals surface area contributed by atoms with Crippen LogP contribution in [0.25, 0.3) is 0 Å². The summed E-state index contributed by atoms with van der Waals surface area (Å²) in [6.07, 6.45) is 4.31. The van der Waals surface area contributed by atoms with E-state index in [1.165, 1.54) is 36.3 Å². The number of carbonyl (C=O) groups is 1. The van der Waals surface area contributed by atoms with Gasteiger partial charge in [0.1, 0.15) is 17.1 Å². The van der Waals surface area contributed by atoms with Crippen molar-refractivity contribution in [3.63, 3.8) is 0 Å². The Morgan fingerprint density at radius 2 is 1.94 bits per heavy atom. The summed E-state index contributed by atoms with van der Waals surface area (Å²) in [4.78, 5) is 25.2.